The van der Waals surface area contributed by atoms with Gasteiger partial charge in [0.15, 0.2) is 0 Å². The Hall–Kier alpha value is -1.02. The van der Waals surface area contributed by atoms with Gasteiger partial charge in [-0.3, -0.25) is 0 Å². The zero-order chi connectivity index (χ0) is 13.5. The summed E-state index contributed by atoms with van der Waals surface area (Å²) in [6.45, 7) is 13.4. The lowest BCUT2D eigenvalue weighted by atomic mass is 10.1. The maximum Gasteiger partial charge on any atom is 0.0412 e. The number of nitrogens with one attached hydrogen (secondary N) is 1. The molecule has 0 saturated heterocycles. The van der Waals surface area contributed by atoms with Crippen molar-refractivity contribution in [3.05, 3.63) is 29.8 Å². The predicted molar refractivity (Wildman–Crippen MR) is 81.4 cm³/mol. The predicted octanol–water partition coefficient (Wildman–Crippen LogP) is 3.60. The lowest BCUT2D eigenvalue weighted by Crippen LogP contribution is -2.47. The first kappa shape index (κ1) is 15.0. The van der Waals surface area contributed by atoms with E-state index in [9.17, 15) is 0 Å². The summed E-state index contributed by atoms with van der Waals surface area (Å²) in [5, 5.41) is 3.59. The van der Waals surface area contributed by atoms with Crippen molar-refractivity contribution in [2.45, 2.75) is 53.1 Å². The van der Waals surface area contributed by atoms with E-state index in [1.807, 2.05) is 0 Å². The van der Waals surface area contributed by atoms with Crippen LogP contribution in [0.2, 0.25) is 0 Å². The number of hydrogen-bond acceptors (Lipinski definition) is 2. The Kier molecular flexibility index (Phi) is 6.20. The zero-order valence-electron chi connectivity index (χ0n) is 12.5. The molecule has 2 nitrogen and oxygen atoms in total. The smallest absolute Gasteiger partial charge is 0.0412 e. The minimum Gasteiger partial charge on any atom is -0.367 e. The van der Waals surface area contributed by atoms with E-state index in [2.05, 4.69) is 69.1 Å². The molecule has 0 aliphatic carbocycles. The quantitative estimate of drug-likeness (QED) is 0.793. The summed E-state index contributed by atoms with van der Waals surface area (Å²) >= 11 is 0. The minimum atomic E-state index is 0.502. The molecule has 2 atom stereocenters. The third kappa shape index (κ3) is 3.74. The van der Waals surface area contributed by atoms with E-state index in [-0.39, 0.29) is 0 Å². The molecule has 2 unspecified atom stereocenters. The Balaban J connectivity index is 2.80. The molecule has 0 bridgehead atoms. The molecule has 0 heterocycles. The lowest BCUT2D eigenvalue weighted by Gasteiger charge is -2.35. The molecule has 0 radical (unpaired) electrons. The normalized spacial score (nSPS) is 14.3. The topological polar surface area (TPSA) is 15.3 Å². The summed E-state index contributed by atoms with van der Waals surface area (Å²) in [6, 6.07) is 9.65. The molecule has 2 heteroatoms. The van der Waals surface area contributed by atoms with Crippen LogP contribution in [0.15, 0.2) is 24.3 Å². The third-order valence-corrected chi connectivity index (χ3v) is 3.70. The van der Waals surface area contributed by atoms with Gasteiger partial charge in [0, 0.05) is 24.3 Å². The summed E-state index contributed by atoms with van der Waals surface area (Å²) in [6.07, 6.45) is 1.19. The SMILES string of the molecule is CCCNC(C)C(C)N(CC)c1ccccc1C. The molecule has 0 amide bonds. The molecule has 1 aromatic carbocycles. The second-order valence-corrected chi connectivity index (χ2v) is 5.06. The molecule has 102 valence electrons. The fourth-order valence-corrected chi connectivity index (χ4v) is 2.38. The van der Waals surface area contributed by atoms with Crippen LogP contribution in [0.1, 0.15) is 39.7 Å². The van der Waals surface area contributed by atoms with Crippen LogP contribution in [-0.2, 0) is 0 Å². The summed E-state index contributed by atoms with van der Waals surface area (Å²) in [7, 11) is 0. The van der Waals surface area contributed by atoms with Gasteiger partial charge in [0.1, 0.15) is 0 Å². The number of likely N-dealkylation sites (N-methyl/N-ethyl adjacent to an activating group) is 1. The van der Waals surface area contributed by atoms with Crippen molar-refractivity contribution in [1.29, 1.82) is 0 Å². The van der Waals surface area contributed by atoms with Crippen LogP contribution in [0, 0.1) is 6.92 Å². The second-order valence-electron chi connectivity index (χ2n) is 5.06. The Morgan fingerprint density at radius 3 is 2.39 bits per heavy atom. The van der Waals surface area contributed by atoms with Gasteiger partial charge in [-0.1, -0.05) is 25.1 Å². The summed E-state index contributed by atoms with van der Waals surface area (Å²) in [5.74, 6) is 0. The van der Waals surface area contributed by atoms with Crippen LogP contribution >= 0.6 is 0 Å². The first-order valence-corrected chi connectivity index (χ1v) is 7.17. The summed E-state index contributed by atoms with van der Waals surface area (Å²) in [4.78, 5) is 2.49. The highest BCUT2D eigenvalue weighted by Crippen LogP contribution is 2.22. The van der Waals surface area contributed by atoms with Crippen molar-refractivity contribution in [3.63, 3.8) is 0 Å². The van der Waals surface area contributed by atoms with Crippen molar-refractivity contribution in [1.82, 2.24) is 5.32 Å². The van der Waals surface area contributed by atoms with Gasteiger partial charge in [0.05, 0.1) is 0 Å². The molecule has 0 aliphatic rings. The fraction of sp³-hybridized carbons (Fsp3) is 0.625. The standard InChI is InChI=1S/C16H28N2/c1-6-12-17-14(4)15(5)18(7-2)16-11-9-8-10-13(16)3/h8-11,14-15,17H,6-7,12H2,1-5H3. The van der Waals surface area contributed by atoms with Crippen LogP contribution in [0.25, 0.3) is 0 Å². The second kappa shape index (κ2) is 7.42. The fourth-order valence-electron chi connectivity index (χ4n) is 2.38. The Morgan fingerprint density at radius 1 is 1.17 bits per heavy atom. The van der Waals surface area contributed by atoms with Gasteiger partial charge in [-0.15, -0.1) is 0 Å². The number of hydrogen-bond donors (Lipinski definition) is 1. The molecule has 0 aromatic heterocycles. The minimum absolute atomic E-state index is 0.502. The molecule has 0 saturated carbocycles. The van der Waals surface area contributed by atoms with Gasteiger partial charge in [0.25, 0.3) is 0 Å². The van der Waals surface area contributed by atoms with Crippen LogP contribution in [-0.4, -0.2) is 25.2 Å². The van der Waals surface area contributed by atoms with E-state index in [1.165, 1.54) is 17.7 Å². The first-order valence-electron chi connectivity index (χ1n) is 7.17. The lowest BCUT2D eigenvalue weighted by molar-refractivity contribution is 0.454. The highest BCUT2D eigenvalue weighted by atomic mass is 15.2. The largest absolute Gasteiger partial charge is 0.367 e. The molecule has 18 heavy (non-hydrogen) atoms. The third-order valence-electron chi connectivity index (χ3n) is 3.70. The highest BCUT2D eigenvalue weighted by molar-refractivity contribution is 5.53. The molecule has 0 fully saturated rings. The van der Waals surface area contributed by atoms with Gasteiger partial charge >= 0.3 is 0 Å². The number of nitrogens with zero attached hydrogens (tertiary/aromatic N) is 1. The maximum atomic E-state index is 3.59. The average molecular weight is 248 g/mol. The van der Waals surface area contributed by atoms with Crippen molar-refractivity contribution in [2.75, 3.05) is 18.0 Å². The Bertz CT molecular complexity index is 349. The highest BCUT2D eigenvalue weighted by Gasteiger charge is 2.19. The molecule has 0 spiro atoms. The van der Waals surface area contributed by atoms with E-state index in [4.69, 9.17) is 0 Å². The van der Waals surface area contributed by atoms with E-state index in [0.717, 1.165) is 13.1 Å². The number of para-hydroxylation sites is 1. The van der Waals surface area contributed by atoms with E-state index in [0.29, 0.717) is 12.1 Å². The molecule has 1 aromatic rings. The van der Waals surface area contributed by atoms with Crippen LogP contribution in [0.5, 0.6) is 0 Å². The van der Waals surface area contributed by atoms with Crippen LogP contribution in [0.3, 0.4) is 0 Å². The number of aryl methyl sites for hydroxylation is 1. The van der Waals surface area contributed by atoms with Crippen LogP contribution in [0.4, 0.5) is 5.69 Å². The summed E-state index contributed by atoms with van der Waals surface area (Å²) < 4.78 is 0. The number of benzene rings is 1. The van der Waals surface area contributed by atoms with E-state index >= 15 is 0 Å². The number of rotatable bonds is 7. The zero-order valence-corrected chi connectivity index (χ0v) is 12.5. The molecule has 1 rings (SSSR count). The number of anilines is 1. The van der Waals surface area contributed by atoms with Crippen molar-refractivity contribution >= 4 is 5.69 Å². The Morgan fingerprint density at radius 2 is 1.83 bits per heavy atom. The van der Waals surface area contributed by atoms with Crippen molar-refractivity contribution in [3.8, 4) is 0 Å². The molecule has 1 N–H and O–H groups in total. The van der Waals surface area contributed by atoms with Gasteiger partial charge in [-0.05, 0) is 52.3 Å². The van der Waals surface area contributed by atoms with E-state index < -0.39 is 0 Å². The maximum absolute atomic E-state index is 3.59. The molecule has 0 aliphatic heterocycles. The molecular weight excluding hydrogens is 220 g/mol. The average Bonchev–Trinajstić information content (AvgIpc) is 2.38. The monoisotopic (exact) mass is 248 g/mol. The van der Waals surface area contributed by atoms with Gasteiger partial charge in [0.2, 0.25) is 0 Å². The van der Waals surface area contributed by atoms with Gasteiger partial charge in [-0.25, -0.2) is 0 Å². The van der Waals surface area contributed by atoms with Crippen molar-refractivity contribution in [2.24, 2.45) is 0 Å². The van der Waals surface area contributed by atoms with Crippen LogP contribution < -0.4 is 10.2 Å². The van der Waals surface area contributed by atoms with E-state index in [1.54, 1.807) is 0 Å². The summed E-state index contributed by atoms with van der Waals surface area (Å²) in [5.41, 5.74) is 2.71. The molecular formula is C16H28N2. The van der Waals surface area contributed by atoms with Crippen molar-refractivity contribution < 1.29 is 0 Å². The Labute approximate surface area is 112 Å². The van der Waals surface area contributed by atoms with Gasteiger partial charge in [-0.2, -0.15) is 0 Å². The van der Waals surface area contributed by atoms with Gasteiger partial charge < -0.3 is 10.2 Å². The first-order chi connectivity index (χ1) is 8.61.